The van der Waals surface area contributed by atoms with Crippen LogP contribution in [0.25, 0.3) is 12.2 Å². The molecule has 2 heterocycles. The summed E-state index contributed by atoms with van der Waals surface area (Å²) < 4.78 is 5.16. The van der Waals surface area contributed by atoms with E-state index in [4.69, 9.17) is 4.42 Å². The van der Waals surface area contributed by atoms with Crippen LogP contribution >= 0.6 is 0 Å². The second kappa shape index (κ2) is 6.28. The molecule has 0 aliphatic rings. The Bertz CT molecular complexity index is 507. The molecule has 0 atom stereocenters. The summed E-state index contributed by atoms with van der Waals surface area (Å²) >= 11 is 0. The molecule has 0 bridgehead atoms. The lowest BCUT2D eigenvalue weighted by atomic mass is 10.3. The summed E-state index contributed by atoms with van der Waals surface area (Å²) in [5.41, 5.74) is 0.951. The lowest BCUT2D eigenvalue weighted by Gasteiger charge is -1.87. The molecule has 0 saturated heterocycles. The summed E-state index contributed by atoms with van der Waals surface area (Å²) in [6, 6.07) is 9.61. The van der Waals surface area contributed by atoms with Gasteiger partial charge in [0.05, 0.1) is 12.0 Å². The van der Waals surface area contributed by atoms with Crippen molar-refractivity contribution < 1.29 is 4.42 Å². The van der Waals surface area contributed by atoms with Gasteiger partial charge in [-0.3, -0.25) is 4.98 Å². The van der Waals surface area contributed by atoms with Gasteiger partial charge in [0.15, 0.2) is 0 Å². The SMILES string of the molecule is C(=CC=Cc1ccco1)C=Cc1ccccn1. The molecule has 0 aliphatic carbocycles. The van der Waals surface area contributed by atoms with E-state index in [0.717, 1.165) is 11.5 Å². The average Bonchev–Trinajstić information content (AvgIpc) is 2.88. The Morgan fingerprint density at radius 3 is 2.47 bits per heavy atom. The van der Waals surface area contributed by atoms with Crippen LogP contribution in [0.5, 0.6) is 0 Å². The zero-order valence-corrected chi connectivity index (χ0v) is 9.36. The van der Waals surface area contributed by atoms with Crippen LogP contribution in [0.2, 0.25) is 0 Å². The Hall–Kier alpha value is -2.35. The van der Waals surface area contributed by atoms with E-state index in [-0.39, 0.29) is 0 Å². The molecule has 0 spiro atoms. The van der Waals surface area contributed by atoms with Crippen LogP contribution in [0.4, 0.5) is 0 Å². The van der Waals surface area contributed by atoms with E-state index in [2.05, 4.69) is 4.98 Å². The van der Waals surface area contributed by atoms with Crippen molar-refractivity contribution in [1.29, 1.82) is 0 Å². The molecule has 2 aromatic rings. The monoisotopic (exact) mass is 223 g/mol. The topological polar surface area (TPSA) is 26.0 Å². The largest absolute Gasteiger partial charge is 0.465 e. The predicted octanol–water partition coefficient (Wildman–Crippen LogP) is 3.96. The number of hydrogen-bond acceptors (Lipinski definition) is 2. The first-order valence-electron chi connectivity index (χ1n) is 5.41. The zero-order valence-electron chi connectivity index (χ0n) is 9.36. The van der Waals surface area contributed by atoms with Crippen LogP contribution in [0.15, 0.2) is 71.5 Å². The van der Waals surface area contributed by atoms with Gasteiger partial charge in [-0.15, -0.1) is 0 Å². The van der Waals surface area contributed by atoms with Gasteiger partial charge in [0.2, 0.25) is 0 Å². The van der Waals surface area contributed by atoms with Crippen molar-refractivity contribution >= 4 is 12.2 Å². The molecule has 2 aromatic heterocycles. The van der Waals surface area contributed by atoms with E-state index in [1.807, 2.05) is 66.8 Å². The van der Waals surface area contributed by atoms with Crippen molar-refractivity contribution in [3.8, 4) is 0 Å². The first-order chi connectivity index (χ1) is 8.45. The molecular formula is C15H13NO. The lowest BCUT2D eigenvalue weighted by molar-refractivity contribution is 0.557. The van der Waals surface area contributed by atoms with Crippen LogP contribution in [0, 0.1) is 0 Å². The standard InChI is InChI=1S/C15H13NO/c1(2-4-10-15-11-7-13-17-15)3-8-14-9-5-6-12-16-14/h1-13H. The number of furan rings is 1. The van der Waals surface area contributed by atoms with E-state index in [9.17, 15) is 0 Å². The molecule has 0 unspecified atom stereocenters. The molecule has 2 rings (SSSR count). The van der Waals surface area contributed by atoms with Crippen molar-refractivity contribution in [2.75, 3.05) is 0 Å². The number of aromatic nitrogens is 1. The molecule has 0 saturated carbocycles. The van der Waals surface area contributed by atoms with E-state index < -0.39 is 0 Å². The number of nitrogens with zero attached hydrogens (tertiary/aromatic N) is 1. The highest BCUT2D eigenvalue weighted by atomic mass is 16.3. The highest BCUT2D eigenvalue weighted by Crippen LogP contribution is 2.02. The summed E-state index contributed by atoms with van der Waals surface area (Å²) in [4.78, 5) is 4.18. The number of rotatable bonds is 4. The average molecular weight is 223 g/mol. The molecule has 0 amide bonds. The molecule has 2 nitrogen and oxygen atoms in total. The number of hydrogen-bond donors (Lipinski definition) is 0. The molecule has 17 heavy (non-hydrogen) atoms. The second-order valence-electron chi connectivity index (χ2n) is 3.37. The van der Waals surface area contributed by atoms with E-state index in [0.29, 0.717) is 0 Å². The third-order valence-electron chi connectivity index (χ3n) is 2.09. The molecule has 0 N–H and O–H groups in total. The van der Waals surface area contributed by atoms with Crippen molar-refractivity contribution in [1.82, 2.24) is 4.98 Å². The minimum Gasteiger partial charge on any atom is -0.465 e. The second-order valence-corrected chi connectivity index (χ2v) is 3.37. The van der Waals surface area contributed by atoms with Gasteiger partial charge in [0, 0.05) is 6.20 Å². The smallest absolute Gasteiger partial charge is 0.126 e. The fraction of sp³-hybridized carbons (Fsp3) is 0. The first-order valence-corrected chi connectivity index (χ1v) is 5.41. The maximum Gasteiger partial charge on any atom is 0.126 e. The fourth-order valence-corrected chi connectivity index (χ4v) is 1.29. The molecular weight excluding hydrogens is 210 g/mol. The molecule has 84 valence electrons. The van der Waals surface area contributed by atoms with Gasteiger partial charge < -0.3 is 4.42 Å². The third-order valence-corrected chi connectivity index (χ3v) is 2.09. The normalized spacial score (nSPS) is 12.0. The van der Waals surface area contributed by atoms with Gasteiger partial charge in [0.25, 0.3) is 0 Å². The summed E-state index contributed by atoms with van der Waals surface area (Å²) in [6.45, 7) is 0. The molecule has 0 aliphatic heterocycles. The van der Waals surface area contributed by atoms with Gasteiger partial charge in [-0.25, -0.2) is 0 Å². The molecule has 0 aromatic carbocycles. The summed E-state index contributed by atoms with van der Waals surface area (Å²) in [5.74, 6) is 0.850. The molecule has 0 radical (unpaired) electrons. The van der Waals surface area contributed by atoms with Crippen LogP contribution in [0.1, 0.15) is 11.5 Å². The quantitative estimate of drug-likeness (QED) is 0.733. The first kappa shape index (κ1) is 11.1. The van der Waals surface area contributed by atoms with Gasteiger partial charge in [-0.2, -0.15) is 0 Å². The van der Waals surface area contributed by atoms with Crippen LogP contribution < -0.4 is 0 Å². The Labute approximate surface area is 101 Å². The highest BCUT2D eigenvalue weighted by molar-refractivity contribution is 5.48. The van der Waals surface area contributed by atoms with Crippen LogP contribution in [0.3, 0.4) is 0 Å². The summed E-state index contributed by atoms with van der Waals surface area (Å²) in [7, 11) is 0. The highest BCUT2D eigenvalue weighted by Gasteiger charge is 1.83. The van der Waals surface area contributed by atoms with Gasteiger partial charge in [-0.05, 0) is 36.4 Å². The van der Waals surface area contributed by atoms with Gasteiger partial charge in [0.1, 0.15) is 5.76 Å². The van der Waals surface area contributed by atoms with E-state index in [1.54, 1.807) is 12.5 Å². The zero-order chi connectivity index (χ0) is 11.8. The summed E-state index contributed by atoms with van der Waals surface area (Å²) in [5, 5.41) is 0. The van der Waals surface area contributed by atoms with Crippen molar-refractivity contribution in [3.05, 3.63) is 78.6 Å². The Kier molecular flexibility index (Phi) is 4.12. The predicted molar refractivity (Wildman–Crippen MR) is 70.2 cm³/mol. The summed E-state index contributed by atoms with van der Waals surface area (Å²) in [6.07, 6.45) is 15.1. The van der Waals surface area contributed by atoms with Crippen LogP contribution in [-0.4, -0.2) is 4.98 Å². The fourth-order valence-electron chi connectivity index (χ4n) is 1.29. The van der Waals surface area contributed by atoms with Gasteiger partial charge in [-0.1, -0.05) is 30.4 Å². The molecule has 0 fully saturated rings. The lowest BCUT2D eigenvalue weighted by Crippen LogP contribution is -1.74. The molecule has 2 heteroatoms. The Balaban J connectivity index is 1.84. The number of allylic oxidation sites excluding steroid dienone is 4. The van der Waals surface area contributed by atoms with E-state index >= 15 is 0 Å². The Morgan fingerprint density at radius 1 is 0.882 bits per heavy atom. The van der Waals surface area contributed by atoms with Crippen molar-refractivity contribution in [2.45, 2.75) is 0 Å². The van der Waals surface area contributed by atoms with Crippen molar-refractivity contribution in [2.24, 2.45) is 0 Å². The maximum atomic E-state index is 5.16. The number of pyridine rings is 1. The maximum absolute atomic E-state index is 5.16. The Morgan fingerprint density at radius 2 is 1.76 bits per heavy atom. The van der Waals surface area contributed by atoms with Crippen molar-refractivity contribution in [3.63, 3.8) is 0 Å². The van der Waals surface area contributed by atoms with E-state index in [1.165, 1.54) is 0 Å². The van der Waals surface area contributed by atoms with Crippen LogP contribution in [-0.2, 0) is 0 Å². The van der Waals surface area contributed by atoms with Gasteiger partial charge >= 0.3 is 0 Å². The minimum absolute atomic E-state index is 0.850. The minimum atomic E-state index is 0.850. The third kappa shape index (κ3) is 3.95.